The molecule has 22 heavy (non-hydrogen) atoms. The second-order valence-corrected chi connectivity index (χ2v) is 5.02. The van der Waals surface area contributed by atoms with Gasteiger partial charge in [-0.2, -0.15) is 0 Å². The minimum absolute atomic E-state index is 0.270. The Bertz CT molecular complexity index is 770. The fraction of sp³-hybridized carbons (Fsp3) is 0.0526. The van der Waals surface area contributed by atoms with Crippen molar-refractivity contribution in [3.63, 3.8) is 0 Å². The van der Waals surface area contributed by atoms with Crippen LogP contribution in [0.3, 0.4) is 0 Å². The van der Waals surface area contributed by atoms with Crippen molar-refractivity contribution in [1.82, 2.24) is 0 Å². The Morgan fingerprint density at radius 2 is 1.32 bits per heavy atom. The number of hydrogen-bond acceptors (Lipinski definition) is 1. The molecule has 3 aromatic rings. The molecule has 1 nitrogen and oxygen atoms in total. The summed E-state index contributed by atoms with van der Waals surface area (Å²) in [5.74, 6) is -1.67. The molecule has 3 rings (SSSR count). The van der Waals surface area contributed by atoms with Gasteiger partial charge in [0.2, 0.25) is 0 Å². The van der Waals surface area contributed by atoms with Gasteiger partial charge in [0.05, 0.1) is 5.69 Å². The van der Waals surface area contributed by atoms with Gasteiger partial charge in [-0.25, -0.2) is 8.78 Å². The first kappa shape index (κ1) is 14.3. The average Bonchev–Trinajstić information content (AvgIpc) is 2.58. The molecule has 110 valence electrons. The van der Waals surface area contributed by atoms with Crippen LogP contribution in [-0.2, 0) is 0 Å². The number of benzene rings is 3. The van der Waals surface area contributed by atoms with Crippen LogP contribution in [0.15, 0.2) is 72.8 Å². The Hall–Kier alpha value is -2.68. The summed E-state index contributed by atoms with van der Waals surface area (Å²) < 4.78 is 28.1. The van der Waals surface area contributed by atoms with Crippen LogP contribution in [0.4, 0.5) is 20.2 Å². The molecular weight excluding hydrogens is 280 g/mol. The molecular formula is C19H15F2N. The lowest BCUT2D eigenvalue weighted by atomic mass is 10.0. The fourth-order valence-corrected chi connectivity index (χ4v) is 2.49. The Kier molecular flexibility index (Phi) is 3.88. The number of nitrogens with zero attached hydrogens (tertiary/aromatic N) is 1. The second-order valence-electron chi connectivity index (χ2n) is 5.02. The molecule has 3 heteroatoms. The van der Waals surface area contributed by atoms with Crippen LogP contribution in [0.25, 0.3) is 11.1 Å². The topological polar surface area (TPSA) is 3.24 Å². The smallest absolute Gasteiger partial charge is 0.168 e. The third kappa shape index (κ3) is 2.58. The second kappa shape index (κ2) is 5.98. The zero-order valence-electron chi connectivity index (χ0n) is 12.1. The number of rotatable bonds is 3. The van der Waals surface area contributed by atoms with E-state index in [4.69, 9.17) is 0 Å². The van der Waals surface area contributed by atoms with Gasteiger partial charge in [-0.15, -0.1) is 0 Å². The third-order valence-corrected chi connectivity index (χ3v) is 3.64. The number of para-hydroxylation sites is 1. The quantitative estimate of drug-likeness (QED) is 0.625. The van der Waals surface area contributed by atoms with Crippen molar-refractivity contribution in [3.05, 3.63) is 84.4 Å². The number of anilines is 2. The molecule has 0 atom stereocenters. The zero-order valence-corrected chi connectivity index (χ0v) is 12.1. The van der Waals surface area contributed by atoms with E-state index in [1.54, 1.807) is 18.2 Å². The highest BCUT2D eigenvalue weighted by Crippen LogP contribution is 2.36. The van der Waals surface area contributed by atoms with E-state index < -0.39 is 11.6 Å². The third-order valence-electron chi connectivity index (χ3n) is 3.64. The average molecular weight is 295 g/mol. The summed E-state index contributed by atoms with van der Waals surface area (Å²) in [4.78, 5) is 1.85. The molecule has 0 bridgehead atoms. The van der Waals surface area contributed by atoms with Crippen molar-refractivity contribution in [3.8, 4) is 11.1 Å². The lowest BCUT2D eigenvalue weighted by Gasteiger charge is -2.23. The summed E-state index contributed by atoms with van der Waals surface area (Å²) in [6.45, 7) is 0. The largest absolute Gasteiger partial charge is 0.344 e. The highest BCUT2D eigenvalue weighted by molar-refractivity contribution is 5.82. The van der Waals surface area contributed by atoms with Crippen LogP contribution in [0.5, 0.6) is 0 Å². The van der Waals surface area contributed by atoms with Crippen LogP contribution < -0.4 is 4.90 Å². The lowest BCUT2D eigenvalue weighted by molar-refractivity contribution is 0.511. The Morgan fingerprint density at radius 3 is 1.95 bits per heavy atom. The van der Waals surface area contributed by atoms with Crippen LogP contribution in [0, 0.1) is 11.6 Å². The van der Waals surface area contributed by atoms with Gasteiger partial charge in [0.15, 0.2) is 11.6 Å². The van der Waals surface area contributed by atoms with Gasteiger partial charge in [0.1, 0.15) is 0 Å². The molecule has 0 aliphatic rings. The van der Waals surface area contributed by atoms with Gasteiger partial charge in [0, 0.05) is 18.3 Å². The van der Waals surface area contributed by atoms with Crippen molar-refractivity contribution in [2.45, 2.75) is 0 Å². The SMILES string of the molecule is CN(c1ccccc1)c1ccc(F)c(F)c1-c1ccccc1. The van der Waals surface area contributed by atoms with Crippen LogP contribution >= 0.6 is 0 Å². The maximum atomic E-state index is 14.4. The molecule has 3 aromatic carbocycles. The molecule has 0 fully saturated rings. The number of hydrogen-bond donors (Lipinski definition) is 0. The van der Waals surface area contributed by atoms with E-state index in [1.807, 2.05) is 60.5 Å². The van der Waals surface area contributed by atoms with Crippen molar-refractivity contribution < 1.29 is 8.78 Å². The predicted octanol–water partition coefficient (Wildman–Crippen LogP) is 5.40. The van der Waals surface area contributed by atoms with E-state index in [2.05, 4.69) is 0 Å². The molecule has 0 saturated carbocycles. The van der Waals surface area contributed by atoms with E-state index >= 15 is 0 Å². The Morgan fingerprint density at radius 1 is 0.727 bits per heavy atom. The Balaban J connectivity index is 2.18. The zero-order chi connectivity index (χ0) is 15.5. The van der Waals surface area contributed by atoms with Crippen LogP contribution in [-0.4, -0.2) is 7.05 Å². The molecule has 0 N–H and O–H groups in total. The highest BCUT2D eigenvalue weighted by Gasteiger charge is 2.18. The minimum atomic E-state index is -0.843. The fourth-order valence-electron chi connectivity index (χ4n) is 2.49. The highest BCUT2D eigenvalue weighted by atomic mass is 19.2. The minimum Gasteiger partial charge on any atom is -0.344 e. The van der Waals surface area contributed by atoms with E-state index in [0.717, 1.165) is 11.8 Å². The summed E-state index contributed by atoms with van der Waals surface area (Å²) >= 11 is 0. The van der Waals surface area contributed by atoms with Crippen molar-refractivity contribution in [2.24, 2.45) is 0 Å². The van der Waals surface area contributed by atoms with Gasteiger partial charge in [-0.3, -0.25) is 0 Å². The summed E-state index contributed by atoms with van der Waals surface area (Å²) in [5.41, 5.74) is 2.45. The predicted molar refractivity (Wildman–Crippen MR) is 86.3 cm³/mol. The molecule has 0 amide bonds. The summed E-state index contributed by atoms with van der Waals surface area (Å²) in [6.07, 6.45) is 0. The van der Waals surface area contributed by atoms with E-state index in [9.17, 15) is 8.78 Å². The summed E-state index contributed by atoms with van der Waals surface area (Å²) in [5, 5.41) is 0. The van der Waals surface area contributed by atoms with Gasteiger partial charge in [-0.1, -0.05) is 48.5 Å². The molecule has 0 heterocycles. The normalized spacial score (nSPS) is 10.5. The van der Waals surface area contributed by atoms with Crippen molar-refractivity contribution in [1.29, 1.82) is 0 Å². The first-order valence-electron chi connectivity index (χ1n) is 7.00. The molecule has 0 aliphatic carbocycles. The van der Waals surface area contributed by atoms with Gasteiger partial charge in [0.25, 0.3) is 0 Å². The van der Waals surface area contributed by atoms with Crippen molar-refractivity contribution in [2.75, 3.05) is 11.9 Å². The summed E-state index contributed by atoms with van der Waals surface area (Å²) in [7, 11) is 1.84. The van der Waals surface area contributed by atoms with Crippen molar-refractivity contribution >= 4 is 11.4 Å². The van der Waals surface area contributed by atoms with E-state index in [0.29, 0.717) is 11.3 Å². The first-order chi connectivity index (χ1) is 10.7. The van der Waals surface area contributed by atoms with Crippen LogP contribution in [0.2, 0.25) is 0 Å². The molecule has 0 spiro atoms. The summed E-state index contributed by atoms with van der Waals surface area (Å²) in [6, 6.07) is 21.4. The van der Waals surface area contributed by atoms with E-state index in [1.165, 1.54) is 0 Å². The molecule has 0 unspecified atom stereocenters. The maximum Gasteiger partial charge on any atom is 0.168 e. The number of halogens is 2. The standard InChI is InChI=1S/C19H15F2N/c1-22(15-10-6-3-7-11-15)17-13-12-16(20)19(21)18(17)14-8-4-2-5-9-14/h2-13H,1H3. The molecule has 0 aliphatic heterocycles. The maximum absolute atomic E-state index is 14.4. The molecule has 0 aromatic heterocycles. The lowest BCUT2D eigenvalue weighted by Crippen LogP contribution is -2.11. The van der Waals surface area contributed by atoms with Gasteiger partial charge < -0.3 is 4.90 Å². The van der Waals surface area contributed by atoms with Crippen LogP contribution in [0.1, 0.15) is 0 Å². The van der Waals surface area contributed by atoms with Gasteiger partial charge >= 0.3 is 0 Å². The Labute approximate surface area is 128 Å². The molecule has 0 radical (unpaired) electrons. The van der Waals surface area contributed by atoms with Gasteiger partial charge in [-0.05, 0) is 29.8 Å². The first-order valence-corrected chi connectivity index (χ1v) is 7.00. The molecule has 0 saturated heterocycles. The monoisotopic (exact) mass is 295 g/mol. The van der Waals surface area contributed by atoms with E-state index in [-0.39, 0.29) is 5.56 Å².